The van der Waals surface area contributed by atoms with Crippen LogP contribution in [0.25, 0.3) is 33.5 Å². The third-order valence-electron chi connectivity index (χ3n) is 8.60. The number of hydrogen-bond donors (Lipinski definition) is 3. The first-order valence-electron chi connectivity index (χ1n) is 15.1. The van der Waals surface area contributed by atoms with Gasteiger partial charge in [-0.15, -0.1) is 12.4 Å². The Balaban J connectivity index is 0.00000386. The highest BCUT2D eigenvalue weighted by Crippen LogP contribution is 2.38. The number of rotatable bonds is 8. The van der Waals surface area contributed by atoms with Gasteiger partial charge in [-0.2, -0.15) is 0 Å². The quantitative estimate of drug-likeness (QED) is 0.139. The highest BCUT2D eigenvalue weighted by atomic mass is 35.5. The number of nitrogens with zero attached hydrogens (tertiary/aromatic N) is 2. The van der Waals surface area contributed by atoms with E-state index in [9.17, 15) is 14.7 Å². The molecule has 242 valence electrons. The number of fused-ring (bicyclic) bond motifs is 1. The Morgan fingerprint density at radius 3 is 2.47 bits per heavy atom. The van der Waals surface area contributed by atoms with Crippen LogP contribution < -0.4 is 14.8 Å². The minimum Gasteiger partial charge on any atom is -0.489 e. The average molecular weight is 694 g/mol. The number of carbonyl (C=O) groups excluding carboxylic acids is 1. The van der Waals surface area contributed by atoms with Gasteiger partial charge in [0.05, 0.1) is 22.2 Å². The molecule has 1 saturated carbocycles. The Labute approximate surface area is 286 Å². The summed E-state index contributed by atoms with van der Waals surface area (Å²) in [6.07, 6.45) is 4.88. The first-order chi connectivity index (χ1) is 22.3. The van der Waals surface area contributed by atoms with Crippen LogP contribution in [0.1, 0.15) is 65.8 Å². The Bertz CT molecular complexity index is 1960. The molecule has 0 spiro atoms. The molecule has 4 aromatic carbocycles. The van der Waals surface area contributed by atoms with E-state index in [4.69, 9.17) is 21.3 Å². The van der Waals surface area contributed by atoms with Gasteiger partial charge in [-0.3, -0.25) is 4.79 Å². The van der Waals surface area contributed by atoms with Gasteiger partial charge in [0.2, 0.25) is 0 Å². The number of carboxylic acid groups (broad SMARTS) is 1. The number of ether oxygens (including phenoxy) is 1. The van der Waals surface area contributed by atoms with E-state index < -0.39 is 11.8 Å². The smallest absolute Gasteiger partial charge is 0.335 e. The first kappa shape index (κ1) is 32.8. The summed E-state index contributed by atoms with van der Waals surface area (Å²) in [4.78, 5) is 28.2. The molecule has 2 fully saturated rings. The van der Waals surface area contributed by atoms with E-state index in [0.717, 1.165) is 71.8 Å². The molecule has 1 amide bonds. The number of imidazole rings is 1. The summed E-state index contributed by atoms with van der Waals surface area (Å²) in [6, 6.07) is 23.2. The molecule has 1 aliphatic heterocycles. The summed E-state index contributed by atoms with van der Waals surface area (Å²) in [5.74, 6) is -0.679. The van der Waals surface area contributed by atoms with Crippen LogP contribution >= 0.6 is 36.0 Å². The van der Waals surface area contributed by atoms with Gasteiger partial charge in [0.1, 0.15) is 30.2 Å². The van der Waals surface area contributed by atoms with Gasteiger partial charge < -0.3 is 19.7 Å². The van der Waals surface area contributed by atoms with Crippen LogP contribution in [0.2, 0.25) is 5.02 Å². The van der Waals surface area contributed by atoms with Crippen molar-refractivity contribution in [3.63, 3.8) is 0 Å². The topological polar surface area (TPSA) is 105 Å². The fourth-order valence-electron chi connectivity index (χ4n) is 6.32. The molecule has 47 heavy (non-hydrogen) atoms. The van der Waals surface area contributed by atoms with E-state index in [1.807, 2.05) is 42.5 Å². The summed E-state index contributed by atoms with van der Waals surface area (Å²) >= 11 is 7.14. The minimum atomic E-state index is -1.03. The normalized spacial score (nSPS) is 16.6. The van der Waals surface area contributed by atoms with Crippen LogP contribution in [-0.2, 0) is 6.61 Å². The van der Waals surface area contributed by atoms with E-state index in [-0.39, 0.29) is 42.0 Å². The molecule has 2 heterocycles. The van der Waals surface area contributed by atoms with Crippen LogP contribution in [0.15, 0.2) is 78.9 Å². The molecule has 1 unspecified atom stereocenters. The molecular formula is C35H31Cl2FN4O4S. The van der Waals surface area contributed by atoms with Gasteiger partial charge in [0, 0.05) is 29.1 Å². The van der Waals surface area contributed by atoms with Gasteiger partial charge in [0.15, 0.2) is 0 Å². The van der Waals surface area contributed by atoms with Crippen molar-refractivity contribution in [1.82, 2.24) is 19.6 Å². The van der Waals surface area contributed by atoms with E-state index in [1.54, 1.807) is 30.3 Å². The van der Waals surface area contributed by atoms with Crippen molar-refractivity contribution < 1.29 is 23.8 Å². The summed E-state index contributed by atoms with van der Waals surface area (Å²) in [5, 5.41) is 12.9. The van der Waals surface area contributed by atoms with Crippen LogP contribution in [0.4, 0.5) is 9.18 Å². The minimum absolute atomic E-state index is 0. The van der Waals surface area contributed by atoms with E-state index in [0.29, 0.717) is 27.7 Å². The Hall–Kier alpha value is -4.09. The molecule has 1 aliphatic carbocycles. The van der Waals surface area contributed by atoms with Crippen molar-refractivity contribution in [3.05, 3.63) is 106 Å². The number of nitrogens with one attached hydrogen (secondary N) is 2. The van der Waals surface area contributed by atoms with Crippen molar-refractivity contribution in [1.29, 1.82) is 0 Å². The fourth-order valence-corrected chi connectivity index (χ4v) is 7.05. The highest BCUT2D eigenvalue weighted by molar-refractivity contribution is 8.12. The fraction of sp³-hybridized carbons (Fsp3) is 0.229. The highest BCUT2D eigenvalue weighted by Gasteiger charge is 2.26. The molecule has 0 radical (unpaired) electrons. The molecule has 0 bridgehead atoms. The summed E-state index contributed by atoms with van der Waals surface area (Å²) in [7, 11) is 0. The van der Waals surface area contributed by atoms with Crippen LogP contribution in [0.5, 0.6) is 5.75 Å². The number of amides is 1. The largest absolute Gasteiger partial charge is 0.489 e. The Morgan fingerprint density at radius 2 is 1.77 bits per heavy atom. The molecule has 7 rings (SSSR count). The van der Waals surface area contributed by atoms with Crippen molar-refractivity contribution in [3.8, 4) is 28.3 Å². The molecule has 1 aromatic heterocycles. The van der Waals surface area contributed by atoms with Gasteiger partial charge >= 0.3 is 5.97 Å². The molecule has 12 heteroatoms. The third-order valence-corrected chi connectivity index (χ3v) is 9.51. The van der Waals surface area contributed by atoms with Crippen LogP contribution in [0, 0.1) is 5.82 Å². The number of carboxylic acids is 1. The molecule has 1 atom stereocenters. The van der Waals surface area contributed by atoms with Crippen LogP contribution in [-0.4, -0.2) is 25.9 Å². The number of hydrogen-bond acceptors (Lipinski definition) is 6. The lowest BCUT2D eigenvalue weighted by Crippen LogP contribution is -2.22. The monoisotopic (exact) mass is 692 g/mol. The average Bonchev–Trinajstić information content (AvgIpc) is 3.67. The molecule has 1 saturated heterocycles. The Morgan fingerprint density at radius 1 is 1.00 bits per heavy atom. The Kier molecular flexibility index (Phi) is 9.75. The zero-order valence-corrected chi connectivity index (χ0v) is 27.4. The summed E-state index contributed by atoms with van der Waals surface area (Å²) in [5.41, 5.74) is 5.39. The van der Waals surface area contributed by atoms with Gasteiger partial charge in [-0.05, 0) is 83.6 Å². The van der Waals surface area contributed by atoms with Crippen molar-refractivity contribution >= 4 is 58.2 Å². The maximum Gasteiger partial charge on any atom is 0.335 e. The van der Waals surface area contributed by atoms with Crippen molar-refractivity contribution in [2.24, 2.45) is 0 Å². The van der Waals surface area contributed by atoms with Gasteiger partial charge in [-0.1, -0.05) is 55.1 Å². The lowest BCUT2D eigenvalue weighted by Gasteiger charge is -2.25. The van der Waals surface area contributed by atoms with Gasteiger partial charge in [0.25, 0.3) is 5.24 Å². The second-order valence-corrected chi connectivity index (χ2v) is 12.8. The van der Waals surface area contributed by atoms with E-state index in [1.165, 1.54) is 6.07 Å². The number of aromatic carboxylic acids is 1. The van der Waals surface area contributed by atoms with Crippen molar-refractivity contribution in [2.45, 2.75) is 50.9 Å². The maximum atomic E-state index is 15.9. The molecule has 2 aliphatic rings. The summed E-state index contributed by atoms with van der Waals surface area (Å²) in [6.45, 7) is 0.150. The van der Waals surface area contributed by atoms with E-state index >= 15 is 4.39 Å². The summed E-state index contributed by atoms with van der Waals surface area (Å²) < 4.78 is 27.3. The predicted octanol–water partition coefficient (Wildman–Crippen LogP) is 9.33. The van der Waals surface area contributed by atoms with Crippen LogP contribution in [0.3, 0.4) is 0 Å². The van der Waals surface area contributed by atoms with E-state index in [2.05, 4.69) is 14.6 Å². The third kappa shape index (κ3) is 6.82. The second kappa shape index (κ2) is 13.9. The lowest BCUT2D eigenvalue weighted by atomic mass is 9.94. The second-order valence-electron chi connectivity index (χ2n) is 11.5. The first-order valence-corrected chi connectivity index (χ1v) is 16.3. The molecule has 5 aromatic rings. The maximum absolute atomic E-state index is 15.9. The van der Waals surface area contributed by atoms with Crippen molar-refractivity contribution in [2.75, 3.05) is 0 Å². The number of benzene rings is 4. The zero-order valence-electron chi connectivity index (χ0n) is 25.0. The molecular weight excluding hydrogens is 662 g/mol. The van der Waals surface area contributed by atoms with Gasteiger partial charge in [-0.25, -0.2) is 18.9 Å². The number of aromatic nitrogens is 2. The standard InChI is InChI=1S/C35H30ClFN4O4S.ClH/c36-24-10-6-20(7-11-24)27-13-8-21(32-39-35(44)46-40-32)16-23(27)19-45-26-12-14-28(29(37)18-26)33-38-30-17-22(34(42)43)9-15-31(30)41(33)25-4-2-1-3-5-25;/h6-18,25,32,40H,1-5,19H2,(H,39,44)(H,42,43);1H. The predicted molar refractivity (Wildman–Crippen MR) is 185 cm³/mol. The number of halogens is 3. The number of carbonyl (C=O) groups is 2. The lowest BCUT2D eigenvalue weighted by molar-refractivity contribution is 0.0697. The zero-order chi connectivity index (χ0) is 31.8. The molecule has 8 nitrogen and oxygen atoms in total. The SMILES string of the molecule is Cl.O=C1NC(c2ccc(-c3ccc(Cl)cc3)c(COc3ccc(-c4nc5cc(C(=O)O)ccc5n4C4CCCCC4)c(F)c3)c2)NS1. The molecule has 3 N–H and O–H groups in total.